The van der Waals surface area contributed by atoms with Gasteiger partial charge in [-0.05, 0) is 29.8 Å². The first-order chi connectivity index (χ1) is 18.4. The van der Waals surface area contributed by atoms with Gasteiger partial charge in [0.05, 0.1) is 6.54 Å². The molecule has 0 spiro atoms. The van der Waals surface area contributed by atoms with E-state index >= 15 is 0 Å². The van der Waals surface area contributed by atoms with Gasteiger partial charge < -0.3 is 0 Å². The molecule has 2 aromatic heterocycles. The third-order valence-corrected chi connectivity index (χ3v) is 6.66. The van der Waals surface area contributed by atoms with E-state index in [0.29, 0.717) is 0 Å². The largest absolute Gasteiger partial charge is 0.314 e. The van der Waals surface area contributed by atoms with Crippen LogP contribution in [-0.2, 0) is 13.0 Å². The third-order valence-electron chi connectivity index (χ3n) is 6.66. The lowest BCUT2D eigenvalue weighted by Gasteiger charge is -2.07. The molecule has 0 fully saturated rings. The van der Waals surface area contributed by atoms with Crippen LogP contribution in [0.2, 0.25) is 0 Å². The summed E-state index contributed by atoms with van der Waals surface area (Å²) in [6, 6.07) is 48.9. The van der Waals surface area contributed by atoms with Crippen molar-refractivity contribution in [1.82, 2.24) is 9.55 Å². The SMILES string of the molecule is c1ccc(CC[n+]2c(-c3ccccc3)c(-c3ccccc3)n(-c3ccccc3)c2-c2ccccn2)cc1. The van der Waals surface area contributed by atoms with Gasteiger partial charge in [-0.15, -0.1) is 0 Å². The fraction of sp³-hybridized carbons (Fsp3) is 0.0588. The Morgan fingerprint density at radius 3 is 1.76 bits per heavy atom. The molecule has 0 aliphatic rings. The predicted octanol–water partition coefficient (Wildman–Crippen LogP) is 7.40. The molecule has 3 nitrogen and oxygen atoms in total. The molecule has 37 heavy (non-hydrogen) atoms. The molecular weight excluding hydrogens is 450 g/mol. The van der Waals surface area contributed by atoms with E-state index in [-0.39, 0.29) is 0 Å². The highest BCUT2D eigenvalue weighted by Gasteiger charge is 2.35. The number of rotatable bonds is 7. The second-order valence-corrected chi connectivity index (χ2v) is 9.03. The zero-order valence-electron chi connectivity index (χ0n) is 20.6. The number of pyridine rings is 1. The molecule has 0 amide bonds. The molecule has 0 aliphatic heterocycles. The van der Waals surface area contributed by atoms with Gasteiger partial charge in [-0.1, -0.05) is 115 Å². The van der Waals surface area contributed by atoms with Crippen LogP contribution in [0.4, 0.5) is 0 Å². The summed E-state index contributed by atoms with van der Waals surface area (Å²) in [6.45, 7) is 0.819. The van der Waals surface area contributed by atoms with Gasteiger partial charge in [0.25, 0.3) is 0 Å². The first kappa shape index (κ1) is 22.7. The van der Waals surface area contributed by atoms with E-state index in [0.717, 1.165) is 35.9 Å². The maximum atomic E-state index is 4.85. The van der Waals surface area contributed by atoms with Crippen molar-refractivity contribution < 1.29 is 4.57 Å². The minimum absolute atomic E-state index is 0.819. The summed E-state index contributed by atoms with van der Waals surface area (Å²) in [7, 11) is 0. The van der Waals surface area contributed by atoms with Crippen LogP contribution >= 0.6 is 0 Å². The van der Waals surface area contributed by atoms with Crippen molar-refractivity contribution in [2.24, 2.45) is 0 Å². The first-order valence-corrected chi connectivity index (χ1v) is 12.7. The quantitative estimate of drug-likeness (QED) is 0.219. The zero-order valence-corrected chi connectivity index (χ0v) is 20.6. The van der Waals surface area contributed by atoms with Crippen LogP contribution in [0.5, 0.6) is 0 Å². The minimum atomic E-state index is 0.819. The van der Waals surface area contributed by atoms with E-state index in [1.165, 1.54) is 22.4 Å². The maximum Gasteiger partial charge on any atom is 0.314 e. The van der Waals surface area contributed by atoms with E-state index in [1.807, 2.05) is 12.3 Å². The van der Waals surface area contributed by atoms with E-state index in [2.05, 4.69) is 143 Å². The van der Waals surface area contributed by atoms with E-state index in [9.17, 15) is 0 Å². The third kappa shape index (κ3) is 4.60. The molecule has 2 heterocycles. The summed E-state index contributed by atoms with van der Waals surface area (Å²) >= 11 is 0. The van der Waals surface area contributed by atoms with Crippen molar-refractivity contribution in [1.29, 1.82) is 0 Å². The topological polar surface area (TPSA) is 21.7 Å². The van der Waals surface area contributed by atoms with Crippen LogP contribution in [0, 0.1) is 0 Å². The van der Waals surface area contributed by atoms with Crippen molar-refractivity contribution in [2.45, 2.75) is 13.0 Å². The Morgan fingerprint density at radius 2 is 1.14 bits per heavy atom. The normalized spacial score (nSPS) is 10.9. The molecule has 0 saturated heterocycles. The average Bonchev–Trinajstić information content (AvgIpc) is 3.33. The molecule has 178 valence electrons. The summed E-state index contributed by atoms with van der Waals surface area (Å²) < 4.78 is 4.84. The van der Waals surface area contributed by atoms with Crippen LogP contribution in [0.25, 0.3) is 39.7 Å². The smallest absolute Gasteiger partial charge is 0.248 e. The van der Waals surface area contributed by atoms with Crippen molar-refractivity contribution in [2.75, 3.05) is 0 Å². The number of para-hydroxylation sites is 1. The van der Waals surface area contributed by atoms with Gasteiger partial charge in [0, 0.05) is 23.7 Å². The van der Waals surface area contributed by atoms with Crippen molar-refractivity contribution in [3.63, 3.8) is 0 Å². The van der Waals surface area contributed by atoms with Gasteiger partial charge in [0.2, 0.25) is 0 Å². The van der Waals surface area contributed by atoms with Crippen LogP contribution < -0.4 is 4.57 Å². The summed E-state index contributed by atoms with van der Waals surface area (Å²) in [5, 5.41) is 0. The first-order valence-electron chi connectivity index (χ1n) is 12.7. The highest BCUT2D eigenvalue weighted by Crippen LogP contribution is 2.37. The number of aryl methyl sites for hydroxylation is 1. The summed E-state index contributed by atoms with van der Waals surface area (Å²) in [5.41, 5.74) is 8.06. The number of nitrogens with zero attached hydrogens (tertiary/aromatic N) is 3. The Bertz CT molecular complexity index is 1470. The van der Waals surface area contributed by atoms with Crippen LogP contribution in [0.1, 0.15) is 5.56 Å². The molecular formula is C34H28N3+. The number of imidazole rings is 1. The van der Waals surface area contributed by atoms with E-state index in [4.69, 9.17) is 4.98 Å². The lowest BCUT2D eigenvalue weighted by Crippen LogP contribution is -2.38. The highest BCUT2D eigenvalue weighted by atomic mass is 15.2. The minimum Gasteiger partial charge on any atom is -0.248 e. The molecule has 0 saturated carbocycles. The van der Waals surface area contributed by atoms with Crippen LogP contribution in [-0.4, -0.2) is 9.55 Å². The van der Waals surface area contributed by atoms with E-state index in [1.54, 1.807) is 0 Å². The molecule has 0 unspecified atom stereocenters. The second kappa shape index (κ2) is 10.5. The fourth-order valence-electron chi connectivity index (χ4n) is 5.00. The summed E-state index contributed by atoms with van der Waals surface area (Å²) in [5.74, 6) is 1.07. The number of hydrogen-bond donors (Lipinski definition) is 0. The molecule has 3 heteroatoms. The van der Waals surface area contributed by atoms with Crippen molar-refractivity contribution in [3.05, 3.63) is 151 Å². The van der Waals surface area contributed by atoms with Gasteiger partial charge in [-0.3, -0.25) is 0 Å². The molecule has 6 aromatic rings. The number of hydrogen-bond acceptors (Lipinski definition) is 1. The highest BCUT2D eigenvalue weighted by molar-refractivity contribution is 5.80. The van der Waals surface area contributed by atoms with Gasteiger partial charge >= 0.3 is 5.82 Å². The second-order valence-electron chi connectivity index (χ2n) is 9.03. The number of benzene rings is 4. The van der Waals surface area contributed by atoms with Crippen LogP contribution in [0.15, 0.2) is 146 Å². The van der Waals surface area contributed by atoms with Gasteiger partial charge in [-0.25, -0.2) is 9.55 Å². The number of aromatic nitrogens is 3. The Hall–Kier alpha value is -4.76. The van der Waals surface area contributed by atoms with Gasteiger partial charge in [0.1, 0.15) is 5.69 Å². The van der Waals surface area contributed by atoms with Gasteiger partial charge in [0.15, 0.2) is 17.1 Å². The van der Waals surface area contributed by atoms with Gasteiger partial charge in [-0.2, -0.15) is 4.57 Å². The summed E-state index contributed by atoms with van der Waals surface area (Å²) in [6.07, 6.45) is 2.79. The molecule has 0 aliphatic carbocycles. The maximum absolute atomic E-state index is 4.85. The average molecular weight is 479 g/mol. The molecule has 0 atom stereocenters. The molecule has 0 radical (unpaired) electrons. The monoisotopic (exact) mass is 478 g/mol. The van der Waals surface area contributed by atoms with Crippen LogP contribution in [0.3, 0.4) is 0 Å². The van der Waals surface area contributed by atoms with E-state index < -0.39 is 0 Å². The molecule has 4 aromatic carbocycles. The Labute approximate surface area is 218 Å². The molecule has 0 N–H and O–H groups in total. The van der Waals surface area contributed by atoms with Crippen molar-refractivity contribution in [3.8, 4) is 39.7 Å². The lowest BCUT2D eigenvalue weighted by molar-refractivity contribution is -0.674. The Kier molecular flexibility index (Phi) is 6.42. The molecule has 6 rings (SSSR count). The summed E-state index contributed by atoms with van der Waals surface area (Å²) in [4.78, 5) is 4.85. The fourth-order valence-corrected chi connectivity index (χ4v) is 5.00. The standard InChI is InChI=1S/C34H28N3/c1-5-15-27(16-6-1)24-26-36-32(28-17-7-2-8-18-28)33(29-19-9-3-10-20-29)37(30-21-11-4-12-22-30)34(36)31-23-13-14-25-35-31/h1-23,25H,24,26H2/q+1. The van der Waals surface area contributed by atoms with Crippen molar-refractivity contribution >= 4 is 0 Å². The lowest BCUT2D eigenvalue weighted by atomic mass is 10.0. The predicted molar refractivity (Wildman–Crippen MR) is 150 cm³/mol. The zero-order chi connectivity index (χ0) is 24.9. The Balaban J connectivity index is 1.71. The Morgan fingerprint density at radius 1 is 0.568 bits per heavy atom. The molecule has 0 bridgehead atoms.